The van der Waals surface area contributed by atoms with E-state index in [1.54, 1.807) is 0 Å². The Kier molecular flexibility index (Phi) is 10.1. The van der Waals surface area contributed by atoms with Crippen LogP contribution in [-0.4, -0.2) is 0 Å². The molecule has 0 unspecified atom stereocenters. The Bertz CT molecular complexity index is 667. The van der Waals surface area contributed by atoms with Crippen LogP contribution in [0.25, 0.3) is 0 Å². The minimum absolute atomic E-state index is 0.756. The fourth-order valence-corrected chi connectivity index (χ4v) is 5.69. The predicted octanol–water partition coefficient (Wildman–Crippen LogP) is 9.05. The van der Waals surface area contributed by atoms with Crippen LogP contribution in [0.4, 0.5) is 0 Å². The molecule has 0 bridgehead atoms. The largest absolute Gasteiger partial charge is 0.0730 e. The Balaban J connectivity index is 1.39. The summed E-state index contributed by atoms with van der Waals surface area (Å²) in [5, 5.41) is 0. The molecule has 0 radical (unpaired) electrons. The molecule has 2 saturated carbocycles. The predicted molar refractivity (Wildman–Crippen MR) is 132 cm³/mol. The van der Waals surface area contributed by atoms with E-state index < -0.39 is 0 Å². The molecule has 30 heavy (non-hydrogen) atoms. The zero-order chi connectivity index (χ0) is 21.0. The molecule has 3 rings (SSSR count). The molecule has 0 atom stereocenters. The van der Waals surface area contributed by atoms with Crippen LogP contribution in [-0.2, 0) is 0 Å². The van der Waals surface area contributed by atoms with Gasteiger partial charge in [0, 0.05) is 5.56 Å². The smallest absolute Gasteiger partial charge is 0.0249 e. The Morgan fingerprint density at radius 1 is 0.767 bits per heavy atom. The summed E-state index contributed by atoms with van der Waals surface area (Å²) in [7, 11) is 0. The van der Waals surface area contributed by atoms with Crippen molar-refractivity contribution in [2.45, 2.75) is 110 Å². The molecule has 2 aliphatic rings. The van der Waals surface area contributed by atoms with Gasteiger partial charge in [-0.2, -0.15) is 0 Å². The SMILES string of the molecule is CCCCC[C@H]1CC[C@H](C=CC#Cc2ccc([C@H]3CC[C@H](CCC)CC3)cc2)CC1. The van der Waals surface area contributed by atoms with Crippen molar-refractivity contribution >= 4 is 0 Å². The number of unbranched alkanes of at least 4 members (excludes halogenated alkanes) is 2. The average Bonchev–Trinajstić information content (AvgIpc) is 2.79. The Morgan fingerprint density at radius 2 is 1.43 bits per heavy atom. The van der Waals surface area contributed by atoms with Crippen molar-refractivity contribution in [2.75, 3.05) is 0 Å². The van der Waals surface area contributed by atoms with Crippen molar-refractivity contribution in [3.63, 3.8) is 0 Å². The van der Waals surface area contributed by atoms with Crippen molar-refractivity contribution in [3.8, 4) is 11.8 Å². The maximum atomic E-state index is 3.34. The zero-order valence-electron chi connectivity index (χ0n) is 19.7. The number of allylic oxidation sites excluding steroid dienone is 2. The Hall–Kier alpha value is -1.48. The quantitative estimate of drug-likeness (QED) is 0.299. The highest BCUT2D eigenvalue weighted by Crippen LogP contribution is 2.37. The second-order valence-electron chi connectivity index (χ2n) is 10.0. The van der Waals surface area contributed by atoms with Gasteiger partial charge in [-0.3, -0.25) is 0 Å². The van der Waals surface area contributed by atoms with E-state index in [1.807, 2.05) is 0 Å². The van der Waals surface area contributed by atoms with Gasteiger partial charge in [-0.15, -0.1) is 0 Å². The van der Waals surface area contributed by atoms with E-state index in [0.29, 0.717) is 0 Å². The molecule has 164 valence electrons. The Morgan fingerprint density at radius 3 is 2.10 bits per heavy atom. The summed E-state index contributed by atoms with van der Waals surface area (Å²) in [5.41, 5.74) is 2.68. The first kappa shape index (κ1) is 23.2. The fraction of sp³-hybridized carbons (Fsp3) is 0.667. The third kappa shape index (κ3) is 7.65. The van der Waals surface area contributed by atoms with Crippen LogP contribution in [0.3, 0.4) is 0 Å². The van der Waals surface area contributed by atoms with Crippen molar-refractivity contribution in [1.29, 1.82) is 0 Å². The molecule has 0 saturated heterocycles. The molecule has 0 aliphatic heterocycles. The molecule has 1 aromatic carbocycles. The lowest BCUT2D eigenvalue weighted by Crippen LogP contribution is -2.13. The molecule has 0 N–H and O–H groups in total. The fourth-order valence-electron chi connectivity index (χ4n) is 5.69. The zero-order valence-corrected chi connectivity index (χ0v) is 19.7. The van der Waals surface area contributed by atoms with E-state index >= 15 is 0 Å². The molecule has 0 spiro atoms. The maximum absolute atomic E-state index is 3.34. The van der Waals surface area contributed by atoms with E-state index in [-0.39, 0.29) is 0 Å². The van der Waals surface area contributed by atoms with Crippen LogP contribution in [0.2, 0.25) is 0 Å². The third-order valence-electron chi connectivity index (χ3n) is 7.70. The van der Waals surface area contributed by atoms with Crippen LogP contribution in [0.1, 0.15) is 121 Å². The minimum atomic E-state index is 0.756. The lowest BCUT2D eigenvalue weighted by molar-refractivity contribution is 0.289. The number of benzene rings is 1. The summed E-state index contributed by atoms with van der Waals surface area (Å²) in [6.07, 6.45) is 24.1. The molecule has 2 aliphatic carbocycles. The van der Waals surface area contributed by atoms with Gasteiger partial charge in [-0.25, -0.2) is 0 Å². The maximum Gasteiger partial charge on any atom is 0.0249 e. The van der Waals surface area contributed by atoms with E-state index in [1.165, 1.54) is 95.5 Å². The van der Waals surface area contributed by atoms with Crippen LogP contribution in [0.15, 0.2) is 36.4 Å². The van der Waals surface area contributed by atoms with Gasteiger partial charge in [0.15, 0.2) is 0 Å². The lowest BCUT2D eigenvalue weighted by Gasteiger charge is -2.28. The summed E-state index contributed by atoms with van der Waals surface area (Å²) < 4.78 is 0. The molecular formula is C30H44. The van der Waals surface area contributed by atoms with E-state index in [2.05, 4.69) is 62.1 Å². The van der Waals surface area contributed by atoms with Gasteiger partial charge < -0.3 is 0 Å². The van der Waals surface area contributed by atoms with Crippen molar-refractivity contribution in [3.05, 3.63) is 47.5 Å². The topological polar surface area (TPSA) is 0 Å². The molecular weight excluding hydrogens is 360 g/mol. The van der Waals surface area contributed by atoms with E-state index in [0.717, 1.165) is 29.2 Å². The highest BCUT2D eigenvalue weighted by molar-refractivity contribution is 5.39. The van der Waals surface area contributed by atoms with Gasteiger partial charge in [0.05, 0.1) is 0 Å². The highest BCUT2D eigenvalue weighted by atomic mass is 14.3. The number of hydrogen-bond acceptors (Lipinski definition) is 0. The first-order valence-corrected chi connectivity index (χ1v) is 13.1. The summed E-state index contributed by atoms with van der Waals surface area (Å²) in [6.45, 7) is 4.62. The van der Waals surface area contributed by atoms with Crippen LogP contribution in [0, 0.1) is 29.6 Å². The van der Waals surface area contributed by atoms with Crippen molar-refractivity contribution < 1.29 is 0 Å². The minimum Gasteiger partial charge on any atom is -0.0730 e. The van der Waals surface area contributed by atoms with Gasteiger partial charge in [0.25, 0.3) is 0 Å². The molecule has 0 heteroatoms. The monoisotopic (exact) mass is 404 g/mol. The molecule has 0 aromatic heterocycles. The average molecular weight is 405 g/mol. The third-order valence-corrected chi connectivity index (χ3v) is 7.70. The van der Waals surface area contributed by atoms with Crippen molar-refractivity contribution in [1.82, 2.24) is 0 Å². The van der Waals surface area contributed by atoms with Crippen molar-refractivity contribution in [2.24, 2.45) is 17.8 Å². The van der Waals surface area contributed by atoms with Gasteiger partial charge >= 0.3 is 0 Å². The van der Waals surface area contributed by atoms with Gasteiger partial charge in [-0.1, -0.05) is 82.4 Å². The Labute approximate surface area is 186 Å². The number of hydrogen-bond donors (Lipinski definition) is 0. The molecule has 0 nitrogen and oxygen atoms in total. The molecule has 2 fully saturated rings. The summed E-state index contributed by atoms with van der Waals surface area (Å²) >= 11 is 0. The molecule has 1 aromatic rings. The van der Waals surface area contributed by atoms with E-state index in [4.69, 9.17) is 0 Å². The second-order valence-corrected chi connectivity index (χ2v) is 10.0. The standard InChI is InChI=1S/C30H44/c1-3-5-6-10-26-13-15-27(16-14-26)11-7-8-12-28-19-23-30(24-20-28)29-21-17-25(9-4-2)18-22-29/h7,11,19-20,23-27,29H,3-6,9-10,13-18,21-22H2,1-2H3/t25-,26-,27-,29-. The summed E-state index contributed by atoms with van der Waals surface area (Å²) in [4.78, 5) is 0. The molecule has 0 amide bonds. The molecule has 0 heterocycles. The first-order chi connectivity index (χ1) is 14.8. The highest BCUT2D eigenvalue weighted by Gasteiger charge is 2.21. The van der Waals surface area contributed by atoms with Crippen LogP contribution >= 0.6 is 0 Å². The summed E-state index contributed by atoms with van der Waals surface area (Å²) in [5.74, 6) is 10.1. The first-order valence-electron chi connectivity index (χ1n) is 13.1. The van der Waals surface area contributed by atoms with Gasteiger partial charge in [0.2, 0.25) is 0 Å². The second kappa shape index (κ2) is 13.0. The normalized spacial score (nSPS) is 27.0. The van der Waals surface area contributed by atoms with Crippen LogP contribution in [0.5, 0.6) is 0 Å². The van der Waals surface area contributed by atoms with Gasteiger partial charge in [-0.05, 0) is 98.8 Å². The lowest BCUT2D eigenvalue weighted by atomic mass is 9.77. The van der Waals surface area contributed by atoms with E-state index in [9.17, 15) is 0 Å². The summed E-state index contributed by atoms with van der Waals surface area (Å²) in [6, 6.07) is 9.13. The number of rotatable bonds is 8. The van der Waals surface area contributed by atoms with Gasteiger partial charge in [0.1, 0.15) is 0 Å². The van der Waals surface area contributed by atoms with Crippen LogP contribution < -0.4 is 0 Å².